The monoisotopic (exact) mass is 685 g/mol. The van der Waals surface area contributed by atoms with Gasteiger partial charge in [0.2, 0.25) is 27.7 Å². The molecule has 11 nitrogen and oxygen atoms in total. The van der Waals surface area contributed by atoms with E-state index in [4.69, 9.17) is 4.74 Å². The topological polar surface area (TPSA) is 147 Å². The first-order chi connectivity index (χ1) is 23.7. The van der Waals surface area contributed by atoms with E-state index < -0.39 is 50.8 Å². The van der Waals surface area contributed by atoms with Gasteiger partial charge in [-0.1, -0.05) is 73.5 Å². The van der Waals surface area contributed by atoms with Gasteiger partial charge in [-0.3, -0.25) is 19.1 Å². The third-order valence-corrected chi connectivity index (χ3v) is 12.0. The van der Waals surface area contributed by atoms with E-state index in [1.807, 2.05) is 72.8 Å². The maximum atomic E-state index is 14.5. The summed E-state index contributed by atoms with van der Waals surface area (Å²) < 4.78 is 34.2. The summed E-state index contributed by atoms with van der Waals surface area (Å²) in [5.41, 5.74) is -0.366. The molecule has 3 aromatic rings. The van der Waals surface area contributed by atoms with E-state index in [0.717, 1.165) is 42.0 Å². The van der Waals surface area contributed by atoms with Crippen molar-refractivity contribution in [2.75, 3.05) is 6.54 Å². The number of hydrogen-bond acceptors (Lipinski definition) is 8. The normalized spacial score (nSPS) is 28.4. The number of carbonyl (C=O) groups is 3. The number of hydrogen-bond donors (Lipinski definition) is 3. The van der Waals surface area contributed by atoms with Crippen molar-refractivity contribution in [3.8, 4) is 5.88 Å². The lowest BCUT2D eigenvalue weighted by molar-refractivity contribution is -0.141. The van der Waals surface area contributed by atoms with Gasteiger partial charge < -0.3 is 20.3 Å². The highest BCUT2D eigenvalue weighted by atomic mass is 32.2. The summed E-state index contributed by atoms with van der Waals surface area (Å²) >= 11 is 0. The first kappa shape index (κ1) is 33.2. The largest absolute Gasteiger partial charge is 0.472 e. The van der Waals surface area contributed by atoms with Crippen LogP contribution in [0.1, 0.15) is 63.4 Å². The van der Waals surface area contributed by atoms with Gasteiger partial charge in [0, 0.05) is 30.5 Å². The summed E-state index contributed by atoms with van der Waals surface area (Å²) in [6.45, 7) is 0.648. The van der Waals surface area contributed by atoms with Crippen LogP contribution in [0.4, 0.5) is 0 Å². The fourth-order valence-electron chi connectivity index (χ4n) is 7.08. The maximum Gasteiger partial charge on any atom is 0.259 e. The van der Waals surface area contributed by atoms with Crippen molar-refractivity contribution < 1.29 is 27.5 Å². The Hall–Kier alpha value is -4.29. The quantitative estimate of drug-likeness (QED) is 0.304. The number of nitrogens with zero attached hydrogens (tertiary/aromatic N) is 2. The molecule has 0 bridgehead atoms. The van der Waals surface area contributed by atoms with Gasteiger partial charge in [0.1, 0.15) is 17.7 Å². The van der Waals surface area contributed by atoms with Crippen LogP contribution in [-0.2, 0) is 31.0 Å². The van der Waals surface area contributed by atoms with E-state index >= 15 is 0 Å². The second-order valence-electron chi connectivity index (χ2n) is 13.8. The van der Waals surface area contributed by atoms with Crippen molar-refractivity contribution in [3.05, 3.63) is 84.6 Å². The SMILES string of the molecule is O=C1N[C@]2(C(=O)NS(=O)(=O)C3CC3)C[C@@H]2/C=C\CCCCC[C@H](NCc2ccccc2)C(=O)N2C[C@H](Oc3nccc4ccccc34)C[C@@H]12. The van der Waals surface area contributed by atoms with Crippen molar-refractivity contribution in [2.24, 2.45) is 5.92 Å². The molecule has 2 aliphatic carbocycles. The second-order valence-corrected chi connectivity index (χ2v) is 15.7. The van der Waals surface area contributed by atoms with Gasteiger partial charge in [-0.2, -0.15) is 0 Å². The van der Waals surface area contributed by atoms with Gasteiger partial charge >= 0.3 is 0 Å². The average molecular weight is 686 g/mol. The molecule has 1 saturated heterocycles. The lowest BCUT2D eigenvalue weighted by atomic mass is 10.0. The average Bonchev–Trinajstić information content (AvgIpc) is 4.03. The van der Waals surface area contributed by atoms with Crippen molar-refractivity contribution >= 4 is 38.5 Å². The molecule has 5 atom stereocenters. The van der Waals surface area contributed by atoms with Crippen LogP contribution in [0.25, 0.3) is 10.8 Å². The van der Waals surface area contributed by atoms with Gasteiger partial charge in [-0.15, -0.1) is 0 Å². The van der Waals surface area contributed by atoms with E-state index in [9.17, 15) is 22.8 Å². The lowest BCUT2D eigenvalue weighted by Gasteiger charge is -2.30. The van der Waals surface area contributed by atoms with Crippen molar-refractivity contribution in [1.82, 2.24) is 25.2 Å². The molecule has 3 amide bonds. The second kappa shape index (κ2) is 13.9. The van der Waals surface area contributed by atoms with Crippen LogP contribution >= 0.6 is 0 Å². The van der Waals surface area contributed by atoms with Crippen molar-refractivity contribution in [3.63, 3.8) is 0 Å². The van der Waals surface area contributed by atoms with Crippen LogP contribution in [0.3, 0.4) is 0 Å². The maximum absolute atomic E-state index is 14.5. The van der Waals surface area contributed by atoms with E-state index in [1.165, 1.54) is 0 Å². The van der Waals surface area contributed by atoms with Gasteiger partial charge in [-0.25, -0.2) is 13.4 Å². The molecule has 7 rings (SSSR count). The molecule has 4 aliphatic rings. The number of nitrogens with one attached hydrogen (secondary N) is 3. The zero-order valence-electron chi connectivity index (χ0n) is 27.4. The molecule has 0 spiro atoms. The molecule has 2 aromatic carbocycles. The fourth-order valence-corrected chi connectivity index (χ4v) is 8.45. The third-order valence-electron chi connectivity index (χ3n) is 10.2. The summed E-state index contributed by atoms with van der Waals surface area (Å²) in [5, 5.41) is 7.61. The van der Waals surface area contributed by atoms with Crippen LogP contribution in [0, 0.1) is 5.92 Å². The minimum Gasteiger partial charge on any atom is -0.472 e. The Labute approximate surface area is 286 Å². The Morgan fingerprint density at radius 2 is 1.80 bits per heavy atom. The number of rotatable bonds is 8. The molecule has 49 heavy (non-hydrogen) atoms. The van der Waals surface area contributed by atoms with E-state index in [0.29, 0.717) is 31.7 Å². The van der Waals surface area contributed by atoms with Crippen LogP contribution in [-0.4, -0.2) is 71.5 Å². The molecular formula is C37H43N5O6S. The molecule has 3 N–H and O–H groups in total. The molecule has 1 aromatic heterocycles. The number of carbonyl (C=O) groups excluding carboxylic acids is 3. The van der Waals surface area contributed by atoms with Crippen LogP contribution in [0.2, 0.25) is 0 Å². The predicted octanol–water partition coefficient (Wildman–Crippen LogP) is 3.75. The Balaban J connectivity index is 1.18. The van der Waals surface area contributed by atoms with Gasteiger partial charge in [-0.05, 0) is 61.6 Å². The van der Waals surface area contributed by atoms with E-state index in [1.54, 1.807) is 11.1 Å². The van der Waals surface area contributed by atoms with Crippen molar-refractivity contribution in [1.29, 1.82) is 0 Å². The summed E-state index contributed by atoms with van der Waals surface area (Å²) in [6.07, 6.45) is 10.6. The Bertz CT molecular complexity index is 1840. The number of ether oxygens (including phenoxy) is 1. The minimum absolute atomic E-state index is 0.157. The number of sulfonamides is 1. The standard InChI is InChI=1S/C37H43N5O6S/c43-33-32-21-28(48-34-30-15-10-9-13-26(30)19-20-38-34)24-42(32)35(44)31(39-23-25-11-5-4-6-12-25)16-8-3-1-2-7-14-27-22-37(27,40-33)36(45)41-49(46,47)29-17-18-29/h4-7,9-15,19-20,27-29,31-32,39H,1-3,8,16-18,21-24H2,(H,40,43)(H,41,45)/b14-7-/t27-,28+,31-,32-,37+/m0/s1. The first-order valence-corrected chi connectivity index (χ1v) is 18.9. The van der Waals surface area contributed by atoms with Gasteiger partial charge in [0.25, 0.3) is 5.91 Å². The number of aromatic nitrogens is 1. The highest BCUT2D eigenvalue weighted by Crippen LogP contribution is 2.46. The zero-order chi connectivity index (χ0) is 34.0. The first-order valence-electron chi connectivity index (χ1n) is 17.4. The number of benzene rings is 2. The van der Waals surface area contributed by atoms with Crippen LogP contribution in [0.5, 0.6) is 5.88 Å². The summed E-state index contributed by atoms with van der Waals surface area (Å²) in [6, 6.07) is 18.0. The molecule has 3 fully saturated rings. The molecule has 2 aliphatic heterocycles. The number of fused-ring (bicyclic) bond motifs is 3. The van der Waals surface area contributed by atoms with E-state index in [-0.39, 0.29) is 31.2 Å². The Morgan fingerprint density at radius 1 is 1.00 bits per heavy atom. The Kier molecular flexibility index (Phi) is 9.43. The molecule has 12 heteroatoms. The summed E-state index contributed by atoms with van der Waals surface area (Å²) in [5.74, 6) is -1.36. The van der Waals surface area contributed by atoms with Crippen molar-refractivity contribution in [2.45, 2.75) is 93.3 Å². The number of allylic oxidation sites excluding steroid dienone is 1. The van der Waals surface area contributed by atoms with Crippen LogP contribution in [0.15, 0.2) is 79.0 Å². The molecule has 2 saturated carbocycles. The third kappa shape index (κ3) is 7.35. The predicted molar refractivity (Wildman–Crippen MR) is 185 cm³/mol. The molecule has 0 unspecified atom stereocenters. The van der Waals surface area contributed by atoms with Crippen LogP contribution < -0.4 is 20.1 Å². The molecule has 3 heterocycles. The highest BCUT2D eigenvalue weighted by Gasteiger charge is 2.62. The van der Waals surface area contributed by atoms with Gasteiger partial charge in [0.15, 0.2) is 0 Å². The smallest absolute Gasteiger partial charge is 0.259 e. The Morgan fingerprint density at radius 3 is 2.61 bits per heavy atom. The molecular weight excluding hydrogens is 643 g/mol. The lowest BCUT2D eigenvalue weighted by Crippen LogP contribution is -2.58. The minimum atomic E-state index is -3.83. The van der Waals surface area contributed by atoms with E-state index in [2.05, 4.69) is 20.3 Å². The zero-order valence-corrected chi connectivity index (χ0v) is 28.2. The number of amides is 3. The molecule has 0 radical (unpaired) electrons. The van der Waals surface area contributed by atoms with Gasteiger partial charge in [0.05, 0.1) is 17.8 Å². The highest BCUT2D eigenvalue weighted by molar-refractivity contribution is 7.91. The summed E-state index contributed by atoms with van der Waals surface area (Å²) in [4.78, 5) is 48.4. The molecule has 258 valence electrons. The summed E-state index contributed by atoms with van der Waals surface area (Å²) in [7, 11) is -3.83. The number of pyridine rings is 1. The fraction of sp³-hybridized carbons (Fsp3) is 0.459.